The van der Waals surface area contributed by atoms with Gasteiger partial charge in [-0.25, -0.2) is 4.57 Å². The first-order valence-corrected chi connectivity index (χ1v) is 27.5. The lowest BCUT2D eigenvalue weighted by Crippen LogP contribution is -2.45. The minimum Gasteiger partial charge on any atom is -0.387 e. The number of hydrogen-bond acceptors (Lipinski definition) is 5. The van der Waals surface area contributed by atoms with Crippen LogP contribution < -0.4 is 5.32 Å². The van der Waals surface area contributed by atoms with Gasteiger partial charge in [0.2, 0.25) is 5.91 Å². The van der Waals surface area contributed by atoms with Crippen molar-refractivity contribution in [2.45, 2.75) is 244 Å². The zero-order valence-corrected chi connectivity index (χ0v) is 42.3. The lowest BCUT2D eigenvalue weighted by molar-refractivity contribution is -0.870. The molecule has 0 saturated carbocycles. The molecule has 8 nitrogen and oxygen atoms in total. The van der Waals surface area contributed by atoms with Gasteiger partial charge in [-0.2, -0.15) is 0 Å². The van der Waals surface area contributed by atoms with Gasteiger partial charge in [0, 0.05) is 6.42 Å². The van der Waals surface area contributed by atoms with E-state index < -0.39 is 20.0 Å². The van der Waals surface area contributed by atoms with Crippen molar-refractivity contribution in [2.24, 2.45) is 0 Å². The molecule has 3 unspecified atom stereocenters. The lowest BCUT2D eigenvalue weighted by atomic mass is 10.0. The predicted octanol–water partition coefficient (Wildman–Crippen LogP) is 15.2. The van der Waals surface area contributed by atoms with Gasteiger partial charge >= 0.3 is 7.82 Å². The molecule has 0 aromatic heterocycles. The second kappa shape index (κ2) is 44.7. The molecule has 0 radical (unpaired) electrons. The smallest absolute Gasteiger partial charge is 0.387 e. The van der Waals surface area contributed by atoms with Crippen LogP contribution in [0.3, 0.4) is 0 Å². The summed E-state index contributed by atoms with van der Waals surface area (Å²) < 4.78 is 23.6. The molecule has 0 heterocycles. The highest BCUT2D eigenvalue weighted by atomic mass is 31.2. The third-order valence-electron chi connectivity index (χ3n) is 11.5. The lowest BCUT2D eigenvalue weighted by Gasteiger charge is -2.25. The maximum absolute atomic E-state index is 12.9. The van der Waals surface area contributed by atoms with Crippen molar-refractivity contribution in [3.63, 3.8) is 0 Å². The van der Waals surface area contributed by atoms with Crippen molar-refractivity contribution in [1.82, 2.24) is 5.32 Å². The minimum atomic E-state index is -4.36. The number of quaternary nitrogens is 1. The molecule has 0 aliphatic rings. The van der Waals surface area contributed by atoms with Crippen LogP contribution in [0.15, 0.2) is 48.6 Å². The maximum Gasteiger partial charge on any atom is 0.472 e. The standard InChI is InChI=1S/C53H101N2O6P/c1-6-8-10-12-14-16-18-20-22-23-24-25-26-27-28-29-30-31-33-34-36-38-40-42-44-46-52(56)51(50-61-62(58,59)60-49-48-55(3,4)5)54-53(57)47-45-43-41-39-37-35-32-21-19-17-15-13-11-9-7-2/h21,30-32,36,38,44,46,51-52,56H,6-20,22-29,33-35,37,39-43,45,47-50H2,1-5H3,(H-,54,57,58,59)/p+1/b31-30+,32-21-,38-36+,46-44+. The van der Waals surface area contributed by atoms with Crippen molar-refractivity contribution in [2.75, 3.05) is 40.9 Å². The van der Waals surface area contributed by atoms with E-state index in [2.05, 4.69) is 55.6 Å². The predicted molar refractivity (Wildman–Crippen MR) is 267 cm³/mol. The fraction of sp³-hybridized carbons (Fsp3) is 0.830. The third-order valence-corrected chi connectivity index (χ3v) is 12.5. The molecule has 0 aliphatic carbocycles. The Hall–Kier alpha value is -1.54. The number of aliphatic hydroxyl groups excluding tert-OH is 1. The summed E-state index contributed by atoms with van der Waals surface area (Å²) in [5, 5.41) is 13.8. The summed E-state index contributed by atoms with van der Waals surface area (Å²) in [5.74, 6) is -0.200. The number of phosphoric acid groups is 1. The average Bonchev–Trinajstić information content (AvgIpc) is 3.23. The Morgan fingerprint density at radius 1 is 0.532 bits per heavy atom. The topological polar surface area (TPSA) is 105 Å². The summed E-state index contributed by atoms with van der Waals surface area (Å²) in [5.41, 5.74) is 0. The number of nitrogens with one attached hydrogen (secondary N) is 1. The summed E-state index contributed by atoms with van der Waals surface area (Å²) in [6.07, 6.45) is 57.8. The molecule has 3 N–H and O–H groups in total. The van der Waals surface area contributed by atoms with Crippen molar-refractivity contribution in [1.29, 1.82) is 0 Å². The summed E-state index contributed by atoms with van der Waals surface area (Å²) in [7, 11) is 1.54. The van der Waals surface area contributed by atoms with Crippen molar-refractivity contribution >= 4 is 13.7 Å². The number of amides is 1. The van der Waals surface area contributed by atoms with Crippen LogP contribution in [0, 0.1) is 0 Å². The van der Waals surface area contributed by atoms with E-state index in [1.807, 2.05) is 27.2 Å². The monoisotopic (exact) mass is 894 g/mol. The van der Waals surface area contributed by atoms with Gasteiger partial charge < -0.3 is 19.8 Å². The Kier molecular flexibility index (Phi) is 43.5. The van der Waals surface area contributed by atoms with Gasteiger partial charge in [-0.15, -0.1) is 0 Å². The second-order valence-electron chi connectivity index (χ2n) is 18.9. The van der Waals surface area contributed by atoms with Crippen LogP contribution in [0.4, 0.5) is 0 Å². The number of nitrogens with zero attached hydrogens (tertiary/aromatic N) is 1. The summed E-state index contributed by atoms with van der Waals surface area (Å²) in [4.78, 5) is 23.2. The molecular weight excluding hydrogens is 792 g/mol. The summed E-state index contributed by atoms with van der Waals surface area (Å²) >= 11 is 0. The number of phosphoric ester groups is 1. The van der Waals surface area contributed by atoms with Gasteiger partial charge in [-0.05, 0) is 70.6 Å². The number of allylic oxidation sites excluding steroid dienone is 7. The van der Waals surface area contributed by atoms with Crippen LogP contribution in [0.1, 0.15) is 232 Å². The first-order valence-electron chi connectivity index (χ1n) is 26.0. The number of carbonyl (C=O) groups is 1. The molecular formula is C53H102N2O6P+. The Balaban J connectivity index is 4.36. The van der Waals surface area contributed by atoms with E-state index in [9.17, 15) is 19.4 Å². The average molecular weight is 894 g/mol. The molecule has 62 heavy (non-hydrogen) atoms. The van der Waals surface area contributed by atoms with E-state index in [-0.39, 0.29) is 19.1 Å². The molecule has 0 bridgehead atoms. The van der Waals surface area contributed by atoms with Gasteiger partial charge in [0.15, 0.2) is 0 Å². The normalized spacial score (nSPS) is 14.5. The highest BCUT2D eigenvalue weighted by molar-refractivity contribution is 7.47. The highest BCUT2D eigenvalue weighted by Crippen LogP contribution is 2.43. The van der Waals surface area contributed by atoms with Crippen LogP contribution >= 0.6 is 7.82 Å². The van der Waals surface area contributed by atoms with Crippen LogP contribution in [-0.4, -0.2) is 73.4 Å². The summed E-state index contributed by atoms with van der Waals surface area (Å²) in [6.45, 7) is 4.78. The molecule has 0 aromatic carbocycles. The summed E-state index contributed by atoms with van der Waals surface area (Å²) in [6, 6.07) is -0.874. The zero-order chi connectivity index (χ0) is 45.7. The quantitative estimate of drug-likeness (QED) is 0.0243. The fourth-order valence-electron chi connectivity index (χ4n) is 7.36. The maximum atomic E-state index is 12.9. The van der Waals surface area contributed by atoms with E-state index in [0.717, 1.165) is 57.8 Å². The molecule has 0 saturated heterocycles. The van der Waals surface area contributed by atoms with Gasteiger partial charge in [-0.1, -0.05) is 204 Å². The van der Waals surface area contributed by atoms with Crippen molar-refractivity contribution in [3.8, 4) is 0 Å². The number of rotatable bonds is 47. The zero-order valence-electron chi connectivity index (χ0n) is 41.4. The third kappa shape index (κ3) is 46.5. The first kappa shape index (κ1) is 60.5. The fourth-order valence-corrected chi connectivity index (χ4v) is 8.10. The van der Waals surface area contributed by atoms with Crippen LogP contribution in [0.2, 0.25) is 0 Å². The Bertz CT molecular complexity index is 1150. The molecule has 0 spiro atoms. The number of hydrogen-bond donors (Lipinski definition) is 3. The molecule has 0 aliphatic heterocycles. The molecule has 0 aromatic rings. The number of likely N-dealkylation sites (N-methyl/N-ethyl adjacent to an activating group) is 1. The Morgan fingerprint density at radius 2 is 0.887 bits per heavy atom. The first-order chi connectivity index (χ1) is 30.0. The molecule has 1 amide bonds. The highest BCUT2D eigenvalue weighted by Gasteiger charge is 2.27. The number of aliphatic hydroxyl groups is 1. The van der Waals surface area contributed by atoms with Gasteiger partial charge in [0.1, 0.15) is 13.2 Å². The van der Waals surface area contributed by atoms with Gasteiger partial charge in [-0.3, -0.25) is 13.8 Å². The van der Waals surface area contributed by atoms with Gasteiger partial charge in [0.25, 0.3) is 0 Å². The minimum absolute atomic E-state index is 0.0512. The van der Waals surface area contributed by atoms with E-state index in [4.69, 9.17) is 9.05 Å². The van der Waals surface area contributed by atoms with Crippen LogP contribution in [0.25, 0.3) is 0 Å². The molecule has 9 heteroatoms. The largest absolute Gasteiger partial charge is 0.472 e. The van der Waals surface area contributed by atoms with Crippen LogP contribution in [-0.2, 0) is 18.4 Å². The molecule has 0 fully saturated rings. The number of unbranched alkanes of at least 4 members (excludes halogenated alkanes) is 28. The Labute approximate surface area is 384 Å². The van der Waals surface area contributed by atoms with Gasteiger partial charge in [0.05, 0.1) is 39.9 Å². The molecule has 3 atom stereocenters. The van der Waals surface area contributed by atoms with Crippen LogP contribution in [0.5, 0.6) is 0 Å². The molecule has 0 rings (SSSR count). The SMILES string of the molecule is CCCCCCCC/C=C\CCCCCCCC(=O)NC(COP(=O)(O)OCC[N+](C)(C)C)C(O)/C=C/CC/C=C/CC/C=C/CCCCCCCCCCCCCCCCC. The Morgan fingerprint density at radius 3 is 1.29 bits per heavy atom. The second-order valence-corrected chi connectivity index (χ2v) is 20.3. The van der Waals surface area contributed by atoms with E-state index in [1.165, 1.54) is 154 Å². The number of carbonyl (C=O) groups excluding carboxylic acids is 1. The molecule has 364 valence electrons. The van der Waals surface area contributed by atoms with Crippen molar-refractivity contribution < 1.29 is 32.9 Å². The van der Waals surface area contributed by atoms with E-state index in [1.54, 1.807) is 6.08 Å². The van der Waals surface area contributed by atoms with E-state index >= 15 is 0 Å². The van der Waals surface area contributed by atoms with E-state index in [0.29, 0.717) is 17.4 Å². The van der Waals surface area contributed by atoms with Crippen molar-refractivity contribution in [3.05, 3.63) is 48.6 Å².